The largest absolute Gasteiger partial charge is 0.399 e. The average molecular weight is 290 g/mol. The highest BCUT2D eigenvalue weighted by molar-refractivity contribution is 7.89. The van der Waals surface area contributed by atoms with E-state index >= 15 is 0 Å². The van der Waals surface area contributed by atoms with Crippen LogP contribution in [0, 0.1) is 11.8 Å². The second-order valence-electron chi connectivity index (χ2n) is 5.56. The molecule has 20 heavy (non-hydrogen) atoms. The Bertz CT molecular complexity index is 756. The van der Waals surface area contributed by atoms with Crippen molar-refractivity contribution < 1.29 is 8.42 Å². The average Bonchev–Trinajstić information content (AvgIpc) is 3.11. The first-order valence-electron chi connectivity index (χ1n) is 6.75. The van der Waals surface area contributed by atoms with Crippen molar-refractivity contribution in [3.05, 3.63) is 36.4 Å². The highest BCUT2D eigenvalue weighted by Gasteiger charge is 2.33. The lowest BCUT2D eigenvalue weighted by Gasteiger charge is -2.09. The molecular formula is C15H18N2O2S. The monoisotopic (exact) mass is 290 g/mol. The number of nitrogens with one attached hydrogen (secondary N) is 1. The number of hydrogen-bond acceptors (Lipinski definition) is 3. The first-order valence-corrected chi connectivity index (χ1v) is 8.23. The molecule has 0 aliphatic heterocycles. The van der Waals surface area contributed by atoms with Crippen LogP contribution in [-0.2, 0) is 10.0 Å². The van der Waals surface area contributed by atoms with Crippen LogP contribution in [0.1, 0.15) is 13.3 Å². The summed E-state index contributed by atoms with van der Waals surface area (Å²) in [7, 11) is -3.47. The van der Waals surface area contributed by atoms with Crippen LogP contribution in [0.3, 0.4) is 0 Å². The molecule has 3 rings (SSSR count). The van der Waals surface area contributed by atoms with Gasteiger partial charge in [-0.2, -0.15) is 0 Å². The van der Waals surface area contributed by atoms with Gasteiger partial charge in [0.05, 0.1) is 4.90 Å². The molecule has 106 valence electrons. The minimum Gasteiger partial charge on any atom is -0.399 e. The van der Waals surface area contributed by atoms with E-state index in [0.29, 0.717) is 34.3 Å². The number of anilines is 1. The predicted molar refractivity (Wildman–Crippen MR) is 80.8 cm³/mol. The normalized spacial score (nSPS) is 22.1. The molecule has 0 heterocycles. The van der Waals surface area contributed by atoms with E-state index < -0.39 is 10.0 Å². The fourth-order valence-electron chi connectivity index (χ4n) is 2.48. The van der Waals surface area contributed by atoms with Crippen molar-refractivity contribution in [2.45, 2.75) is 18.2 Å². The number of sulfonamides is 1. The van der Waals surface area contributed by atoms with Gasteiger partial charge in [0, 0.05) is 17.6 Å². The van der Waals surface area contributed by atoms with Gasteiger partial charge in [-0.15, -0.1) is 0 Å². The Hall–Kier alpha value is -1.59. The standard InChI is InChI=1S/C15H18N2O2S/c1-10-7-12(10)9-17-20(18,19)15-4-2-3-11-8-13(16)5-6-14(11)15/h2-6,8,10,12,17H,7,9,16H2,1H3. The molecule has 4 nitrogen and oxygen atoms in total. The summed E-state index contributed by atoms with van der Waals surface area (Å²) in [6, 6.07) is 10.5. The quantitative estimate of drug-likeness (QED) is 0.849. The molecule has 1 aliphatic carbocycles. The van der Waals surface area contributed by atoms with Crippen LogP contribution in [0.4, 0.5) is 5.69 Å². The number of nitrogens with two attached hydrogens (primary N) is 1. The molecule has 2 atom stereocenters. The van der Waals surface area contributed by atoms with Gasteiger partial charge in [-0.3, -0.25) is 0 Å². The minimum atomic E-state index is -3.47. The summed E-state index contributed by atoms with van der Waals surface area (Å²) >= 11 is 0. The lowest BCUT2D eigenvalue weighted by molar-refractivity contribution is 0.575. The molecule has 0 bridgehead atoms. The lowest BCUT2D eigenvalue weighted by atomic mass is 10.1. The van der Waals surface area contributed by atoms with Gasteiger partial charge in [0.1, 0.15) is 0 Å². The summed E-state index contributed by atoms with van der Waals surface area (Å²) in [5.74, 6) is 1.11. The van der Waals surface area contributed by atoms with Crippen LogP contribution >= 0.6 is 0 Å². The lowest BCUT2D eigenvalue weighted by Crippen LogP contribution is -2.26. The number of rotatable bonds is 4. The van der Waals surface area contributed by atoms with Gasteiger partial charge < -0.3 is 5.73 Å². The number of hydrogen-bond donors (Lipinski definition) is 2. The molecule has 2 aromatic carbocycles. The molecule has 0 radical (unpaired) electrons. The molecule has 1 saturated carbocycles. The summed E-state index contributed by atoms with van der Waals surface area (Å²) in [5, 5.41) is 1.55. The van der Waals surface area contributed by atoms with Gasteiger partial charge in [-0.1, -0.05) is 25.1 Å². The molecule has 2 unspecified atom stereocenters. The minimum absolute atomic E-state index is 0.323. The Labute approximate surface area is 119 Å². The van der Waals surface area contributed by atoms with Crippen LogP contribution in [0.2, 0.25) is 0 Å². The summed E-state index contributed by atoms with van der Waals surface area (Å²) in [4.78, 5) is 0.323. The summed E-state index contributed by atoms with van der Waals surface area (Å²) in [5.41, 5.74) is 6.37. The molecular weight excluding hydrogens is 272 g/mol. The zero-order chi connectivity index (χ0) is 14.3. The van der Waals surface area contributed by atoms with E-state index in [1.165, 1.54) is 0 Å². The van der Waals surface area contributed by atoms with Crippen LogP contribution in [0.25, 0.3) is 10.8 Å². The summed E-state index contributed by atoms with van der Waals surface area (Å²) in [6.45, 7) is 2.66. The topological polar surface area (TPSA) is 72.2 Å². The second-order valence-corrected chi connectivity index (χ2v) is 7.30. The maximum atomic E-state index is 12.4. The van der Waals surface area contributed by atoms with Crippen molar-refractivity contribution in [1.82, 2.24) is 4.72 Å². The molecule has 1 aliphatic rings. The van der Waals surface area contributed by atoms with Crippen molar-refractivity contribution in [2.75, 3.05) is 12.3 Å². The van der Waals surface area contributed by atoms with Crippen LogP contribution < -0.4 is 10.5 Å². The maximum Gasteiger partial charge on any atom is 0.241 e. The van der Waals surface area contributed by atoms with Crippen molar-refractivity contribution in [3.63, 3.8) is 0 Å². The fourth-order valence-corrected chi connectivity index (χ4v) is 3.81. The highest BCUT2D eigenvalue weighted by Crippen LogP contribution is 2.37. The fraction of sp³-hybridized carbons (Fsp3) is 0.333. The van der Waals surface area contributed by atoms with Crippen molar-refractivity contribution in [2.24, 2.45) is 11.8 Å². The Balaban J connectivity index is 1.96. The van der Waals surface area contributed by atoms with E-state index in [-0.39, 0.29) is 0 Å². The third-order valence-electron chi connectivity index (χ3n) is 3.97. The smallest absolute Gasteiger partial charge is 0.241 e. The van der Waals surface area contributed by atoms with Crippen molar-refractivity contribution >= 4 is 26.5 Å². The zero-order valence-electron chi connectivity index (χ0n) is 11.3. The van der Waals surface area contributed by atoms with Crippen molar-refractivity contribution in [1.29, 1.82) is 0 Å². The Morgan fingerprint density at radius 3 is 2.75 bits per heavy atom. The Kier molecular flexibility index (Phi) is 3.18. The SMILES string of the molecule is CC1CC1CNS(=O)(=O)c1cccc2cc(N)ccc12. The maximum absolute atomic E-state index is 12.4. The van der Waals surface area contributed by atoms with Gasteiger partial charge in [-0.25, -0.2) is 13.1 Å². The van der Waals surface area contributed by atoms with Crippen LogP contribution in [0.5, 0.6) is 0 Å². The van der Waals surface area contributed by atoms with Gasteiger partial charge in [0.25, 0.3) is 0 Å². The molecule has 1 fully saturated rings. The molecule has 0 spiro atoms. The van der Waals surface area contributed by atoms with Gasteiger partial charge in [0.2, 0.25) is 10.0 Å². The van der Waals surface area contributed by atoms with Gasteiger partial charge in [0.15, 0.2) is 0 Å². The molecule has 2 aromatic rings. The zero-order valence-corrected chi connectivity index (χ0v) is 12.2. The third kappa shape index (κ3) is 2.51. The van der Waals surface area contributed by atoms with Crippen molar-refractivity contribution in [3.8, 4) is 0 Å². The van der Waals surface area contributed by atoms with Crippen LogP contribution in [-0.4, -0.2) is 15.0 Å². The summed E-state index contributed by atoms with van der Waals surface area (Å²) < 4.78 is 27.6. The van der Waals surface area contributed by atoms with E-state index in [1.54, 1.807) is 30.3 Å². The van der Waals surface area contributed by atoms with E-state index in [4.69, 9.17) is 5.73 Å². The van der Waals surface area contributed by atoms with E-state index in [0.717, 1.165) is 11.8 Å². The molecule has 3 N–H and O–H groups in total. The summed E-state index contributed by atoms with van der Waals surface area (Å²) in [6.07, 6.45) is 1.11. The van der Waals surface area contributed by atoms with E-state index in [9.17, 15) is 8.42 Å². The molecule has 0 aromatic heterocycles. The second kappa shape index (κ2) is 4.75. The number of nitrogen functional groups attached to an aromatic ring is 1. The number of benzene rings is 2. The van der Waals surface area contributed by atoms with E-state index in [1.807, 2.05) is 6.07 Å². The molecule has 5 heteroatoms. The van der Waals surface area contributed by atoms with E-state index in [2.05, 4.69) is 11.6 Å². The van der Waals surface area contributed by atoms with Gasteiger partial charge in [-0.05, 0) is 41.8 Å². The highest BCUT2D eigenvalue weighted by atomic mass is 32.2. The first kappa shape index (κ1) is 13.4. The third-order valence-corrected chi connectivity index (χ3v) is 5.45. The van der Waals surface area contributed by atoms with Crippen LogP contribution in [0.15, 0.2) is 41.3 Å². The number of fused-ring (bicyclic) bond motifs is 1. The van der Waals surface area contributed by atoms with Gasteiger partial charge >= 0.3 is 0 Å². The molecule has 0 amide bonds. The Morgan fingerprint density at radius 2 is 2.05 bits per heavy atom. The predicted octanol–water partition coefficient (Wildman–Crippen LogP) is 2.36. The Morgan fingerprint density at radius 1 is 1.30 bits per heavy atom. The molecule has 0 saturated heterocycles. The first-order chi connectivity index (χ1) is 9.47.